The number of aryl methyl sites for hydroxylation is 1. The number of likely N-dealkylation sites (tertiary alicyclic amines) is 1. The fraction of sp³-hybridized carbons (Fsp3) is 0.280. The molecule has 0 saturated carbocycles. The monoisotopic (exact) mass is 558 g/mol. The molecule has 1 fully saturated rings. The van der Waals surface area contributed by atoms with Gasteiger partial charge >= 0.3 is 6.18 Å². The number of aliphatic hydroxyl groups is 1. The molecular weight excluding hydrogens is 537 g/mol. The molecule has 0 aliphatic carbocycles. The Bertz CT molecular complexity index is 1690. The summed E-state index contributed by atoms with van der Waals surface area (Å²) >= 11 is 6.66. The highest BCUT2D eigenvalue weighted by Crippen LogP contribution is 2.38. The number of nitrogens with zero attached hydrogens (tertiary/aromatic N) is 7. The van der Waals surface area contributed by atoms with Crippen LogP contribution in [-0.2, 0) is 19.8 Å². The normalized spacial score (nSPS) is 16.4. The number of aliphatic hydroxyl groups excluding tert-OH is 1. The Kier molecular flexibility index (Phi) is 6.28. The fourth-order valence-corrected chi connectivity index (χ4v) is 4.99. The molecule has 5 aromatic rings. The summed E-state index contributed by atoms with van der Waals surface area (Å²) in [6.45, 7) is 1.00. The van der Waals surface area contributed by atoms with Gasteiger partial charge in [0.1, 0.15) is 16.1 Å². The summed E-state index contributed by atoms with van der Waals surface area (Å²) in [6.07, 6.45) is 3.31. The van der Waals surface area contributed by atoms with Crippen LogP contribution in [-0.4, -0.2) is 58.3 Å². The van der Waals surface area contributed by atoms with E-state index in [1.807, 2.05) is 4.90 Å². The van der Waals surface area contributed by atoms with E-state index in [4.69, 9.17) is 16.3 Å². The summed E-state index contributed by atoms with van der Waals surface area (Å²) in [7, 11) is 1.67. The van der Waals surface area contributed by atoms with Gasteiger partial charge in [-0.05, 0) is 24.1 Å². The second-order valence-electron chi connectivity index (χ2n) is 9.29. The van der Waals surface area contributed by atoms with Gasteiger partial charge in [-0.2, -0.15) is 23.3 Å². The number of aromatic nitrogens is 6. The molecule has 39 heavy (non-hydrogen) atoms. The van der Waals surface area contributed by atoms with Crippen molar-refractivity contribution in [3.8, 4) is 11.5 Å². The highest BCUT2D eigenvalue weighted by atomic mass is 35.5. The van der Waals surface area contributed by atoms with Gasteiger partial charge in [0.05, 0.1) is 30.3 Å². The molecule has 1 atom stereocenters. The number of halogens is 4. The first-order valence-electron chi connectivity index (χ1n) is 12.0. The zero-order valence-corrected chi connectivity index (χ0v) is 21.3. The van der Waals surface area contributed by atoms with Crippen molar-refractivity contribution >= 4 is 39.9 Å². The minimum atomic E-state index is -4.55. The van der Waals surface area contributed by atoms with Crippen LogP contribution in [0.5, 0.6) is 11.5 Å². The minimum absolute atomic E-state index is 0.101. The molecule has 14 heteroatoms. The summed E-state index contributed by atoms with van der Waals surface area (Å²) in [5, 5.41) is 17.1. The fourth-order valence-electron chi connectivity index (χ4n) is 4.69. The van der Waals surface area contributed by atoms with Gasteiger partial charge in [-0.3, -0.25) is 9.88 Å². The number of β-amino-alcohol motifs (C(OH)–C–C–N with tert-alkyl or cyclic N) is 1. The molecule has 6 rings (SSSR count). The number of pyridine rings is 1. The van der Waals surface area contributed by atoms with Crippen molar-refractivity contribution in [1.29, 1.82) is 0 Å². The van der Waals surface area contributed by atoms with E-state index in [1.165, 1.54) is 18.5 Å². The molecule has 10 nitrogen and oxygen atoms in total. The van der Waals surface area contributed by atoms with Gasteiger partial charge in [-0.1, -0.05) is 17.7 Å². The number of alkyl halides is 3. The number of ether oxygens (including phenoxy) is 1. The van der Waals surface area contributed by atoms with E-state index in [1.54, 1.807) is 40.8 Å². The van der Waals surface area contributed by atoms with E-state index in [2.05, 4.69) is 25.4 Å². The van der Waals surface area contributed by atoms with Gasteiger partial charge in [0, 0.05) is 44.8 Å². The quantitative estimate of drug-likeness (QED) is 0.307. The van der Waals surface area contributed by atoms with Crippen molar-refractivity contribution in [1.82, 2.24) is 34.0 Å². The average Bonchev–Trinajstić information content (AvgIpc) is 3.59. The van der Waals surface area contributed by atoms with Crippen molar-refractivity contribution in [3.63, 3.8) is 0 Å². The van der Waals surface area contributed by atoms with E-state index < -0.39 is 17.8 Å². The van der Waals surface area contributed by atoms with E-state index in [0.29, 0.717) is 41.9 Å². The number of fused-ring (bicyclic) bond motifs is 2. The average molecular weight is 559 g/mol. The molecule has 5 heterocycles. The number of imidazole rings is 1. The number of nitrogens with one attached hydrogen (secondary N) is 1. The molecular formula is C25H22ClF3N8O2. The van der Waals surface area contributed by atoms with E-state index in [-0.39, 0.29) is 34.5 Å². The van der Waals surface area contributed by atoms with E-state index in [9.17, 15) is 18.3 Å². The number of benzene rings is 1. The molecule has 202 valence electrons. The summed E-state index contributed by atoms with van der Waals surface area (Å²) < 4.78 is 51.0. The minimum Gasteiger partial charge on any atom is -0.450 e. The van der Waals surface area contributed by atoms with Crippen LogP contribution in [0.3, 0.4) is 0 Å². The molecule has 4 aromatic heterocycles. The maximum absolute atomic E-state index is 13.9. The summed E-state index contributed by atoms with van der Waals surface area (Å²) in [5.74, 6) is 0.934. The molecule has 1 unspecified atom stereocenters. The van der Waals surface area contributed by atoms with Crippen molar-refractivity contribution in [3.05, 3.63) is 65.3 Å². The largest absolute Gasteiger partial charge is 0.450 e. The molecule has 2 N–H and O–H groups in total. The lowest BCUT2D eigenvalue weighted by Gasteiger charge is -2.20. The Morgan fingerprint density at radius 3 is 2.82 bits per heavy atom. The molecule has 1 saturated heterocycles. The van der Waals surface area contributed by atoms with Gasteiger partial charge in [-0.25, -0.2) is 9.50 Å². The van der Waals surface area contributed by atoms with Crippen molar-refractivity contribution in [2.45, 2.75) is 25.2 Å². The van der Waals surface area contributed by atoms with Crippen LogP contribution in [0.4, 0.5) is 24.8 Å². The first-order chi connectivity index (χ1) is 18.7. The zero-order valence-electron chi connectivity index (χ0n) is 20.5. The van der Waals surface area contributed by atoms with Gasteiger partial charge in [-0.15, -0.1) is 0 Å². The zero-order chi connectivity index (χ0) is 27.3. The highest BCUT2D eigenvalue weighted by molar-refractivity contribution is 6.36. The van der Waals surface area contributed by atoms with Crippen LogP contribution in [0.15, 0.2) is 49.2 Å². The summed E-state index contributed by atoms with van der Waals surface area (Å²) in [5.41, 5.74) is 0.956. The lowest BCUT2D eigenvalue weighted by molar-refractivity contribution is -0.138. The van der Waals surface area contributed by atoms with Gasteiger partial charge in [0.25, 0.3) is 0 Å². The third-order valence-corrected chi connectivity index (χ3v) is 6.99. The first kappa shape index (κ1) is 25.3. The lowest BCUT2D eigenvalue weighted by atomic mass is 10.1. The van der Waals surface area contributed by atoms with Crippen LogP contribution in [0, 0.1) is 0 Å². The van der Waals surface area contributed by atoms with Crippen LogP contribution in [0.1, 0.15) is 17.5 Å². The molecule has 0 spiro atoms. The maximum Gasteiger partial charge on any atom is 0.416 e. The lowest BCUT2D eigenvalue weighted by Crippen LogP contribution is -2.23. The standard InChI is InChI=1S/C25H22ClF3N8O2/c1-35-22-21(26)20(39-19-11-32-37-7-5-30-9-18(19)37)10-31-23(22)34-24(35)33-15-3-2-14(17(8-15)25(27,28)29)12-36-6-4-16(38)13-36/h2-3,5,7-11,16,38H,4,6,12-13H2,1H3,(H,31,33,34). The number of anilines is 2. The van der Waals surface area contributed by atoms with Crippen molar-refractivity contribution in [2.24, 2.45) is 7.05 Å². The van der Waals surface area contributed by atoms with E-state index in [0.717, 1.165) is 6.07 Å². The molecule has 0 bridgehead atoms. The Labute approximate surface area is 224 Å². The topological polar surface area (TPSA) is 106 Å². The van der Waals surface area contributed by atoms with Crippen molar-refractivity contribution in [2.75, 3.05) is 18.4 Å². The number of hydrogen-bond donors (Lipinski definition) is 2. The Morgan fingerprint density at radius 2 is 2.05 bits per heavy atom. The highest BCUT2D eigenvalue weighted by Gasteiger charge is 2.34. The molecule has 1 aromatic carbocycles. The number of rotatable bonds is 6. The van der Waals surface area contributed by atoms with Gasteiger partial charge in [0.2, 0.25) is 5.95 Å². The molecule has 1 aliphatic rings. The predicted molar refractivity (Wildman–Crippen MR) is 137 cm³/mol. The number of hydrogen-bond acceptors (Lipinski definition) is 8. The second-order valence-corrected chi connectivity index (χ2v) is 9.67. The van der Waals surface area contributed by atoms with Gasteiger partial charge in [0.15, 0.2) is 17.1 Å². The predicted octanol–water partition coefficient (Wildman–Crippen LogP) is 4.79. The maximum atomic E-state index is 13.9. The Hall–Kier alpha value is -3.94. The van der Waals surface area contributed by atoms with Crippen LogP contribution in [0.2, 0.25) is 5.02 Å². The smallest absolute Gasteiger partial charge is 0.416 e. The van der Waals surface area contributed by atoms with Gasteiger partial charge < -0.3 is 19.7 Å². The summed E-state index contributed by atoms with van der Waals surface area (Å²) in [4.78, 5) is 14.6. The molecule has 1 aliphatic heterocycles. The third-order valence-electron chi connectivity index (χ3n) is 6.63. The van der Waals surface area contributed by atoms with Crippen molar-refractivity contribution < 1.29 is 23.0 Å². The van der Waals surface area contributed by atoms with Crippen LogP contribution < -0.4 is 10.1 Å². The van der Waals surface area contributed by atoms with Crippen LogP contribution in [0.25, 0.3) is 16.7 Å². The molecule has 0 radical (unpaired) electrons. The third kappa shape index (κ3) is 4.84. The first-order valence-corrected chi connectivity index (χ1v) is 12.4. The second kappa shape index (κ2) is 9.67. The summed E-state index contributed by atoms with van der Waals surface area (Å²) in [6, 6.07) is 4.07. The van der Waals surface area contributed by atoms with E-state index >= 15 is 0 Å². The molecule has 0 amide bonds. The Morgan fingerprint density at radius 1 is 1.21 bits per heavy atom. The Balaban J connectivity index is 1.29. The van der Waals surface area contributed by atoms with Crippen LogP contribution >= 0.6 is 11.6 Å². The SMILES string of the molecule is Cn1c(Nc2ccc(CN3CCC(O)C3)c(C(F)(F)F)c2)nc2ncc(Oc3cnn4ccncc34)c(Cl)c21.